The quantitative estimate of drug-likeness (QED) is 0.755. The number of hydrogen-bond donors (Lipinski definition) is 1. The van der Waals surface area contributed by atoms with Gasteiger partial charge in [0.25, 0.3) is 0 Å². The molecule has 1 aliphatic carbocycles. The Bertz CT molecular complexity index is 827. The van der Waals surface area contributed by atoms with Crippen LogP contribution in [0.1, 0.15) is 12.8 Å². The van der Waals surface area contributed by atoms with Crippen LogP contribution in [0.4, 0.5) is 10.2 Å². The molecule has 0 spiro atoms. The van der Waals surface area contributed by atoms with Crippen LogP contribution in [0.3, 0.4) is 0 Å². The zero-order valence-corrected chi connectivity index (χ0v) is 11.7. The van der Waals surface area contributed by atoms with Crippen molar-refractivity contribution in [2.24, 2.45) is 0 Å². The van der Waals surface area contributed by atoms with Crippen molar-refractivity contribution in [2.75, 3.05) is 5.32 Å². The molecule has 1 aromatic carbocycles. The lowest BCUT2D eigenvalue weighted by Crippen LogP contribution is -2.05. The summed E-state index contributed by atoms with van der Waals surface area (Å²) >= 11 is 5.99. The molecule has 106 valence electrons. The monoisotopic (exact) mass is 303 g/mol. The molecule has 0 saturated heterocycles. The smallest absolute Gasteiger partial charge is 0.226 e. The standard InChI is InChI=1S/C14H11ClFN5/c15-14-19-12(18-8-5-6-8)9-7-17-21(13(9)20-14)11-4-2-1-3-10(11)16/h1-4,7-8H,5-6H2,(H,18,19,20). The molecule has 21 heavy (non-hydrogen) atoms. The lowest BCUT2D eigenvalue weighted by atomic mass is 10.3. The zero-order valence-electron chi connectivity index (χ0n) is 10.9. The number of anilines is 1. The third-order valence-electron chi connectivity index (χ3n) is 3.40. The minimum atomic E-state index is -0.367. The summed E-state index contributed by atoms with van der Waals surface area (Å²) < 4.78 is 15.4. The molecule has 3 aromatic rings. The van der Waals surface area contributed by atoms with Crippen molar-refractivity contribution >= 4 is 28.5 Å². The van der Waals surface area contributed by atoms with E-state index in [9.17, 15) is 4.39 Å². The van der Waals surface area contributed by atoms with Crippen LogP contribution in [0.5, 0.6) is 0 Å². The SMILES string of the molecule is Fc1ccccc1-n1ncc2c(NC3CC3)nc(Cl)nc21. The molecule has 2 heterocycles. The Labute approximate surface area is 124 Å². The minimum absolute atomic E-state index is 0.115. The molecule has 4 rings (SSSR count). The van der Waals surface area contributed by atoms with Gasteiger partial charge in [0.15, 0.2) is 5.65 Å². The third-order valence-corrected chi connectivity index (χ3v) is 3.57. The van der Waals surface area contributed by atoms with E-state index in [1.807, 2.05) is 0 Å². The normalized spacial score (nSPS) is 14.6. The molecular formula is C14H11ClFN5. The van der Waals surface area contributed by atoms with Gasteiger partial charge in [-0.3, -0.25) is 0 Å². The first-order chi connectivity index (χ1) is 10.2. The molecule has 1 aliphatic rings. The van der Waals surface area contributed by atoms with Gasteiger partial charge in [-0.2, -0.15) is 15.1 Å². The summed E-state index contributed by atoms with van der Waals surface area (Å²) in [4.78, 5) is 8.40. The van der Waals surface area contributed by atoms with E-state index in [1.54, 1.807) is 24.4 Å². The number of rotatable bonds is 3. The van der Waals surface area contributed by atoms with Gasteiger partial charge in [-0.1, -0.05) is 12.1 Å². The van der Waals surface area contributed by atoms with E-state index in [2.05, 4.69) is 20.4 Å². The molecule has 1 fully saturated rings. The van der Waals surface area contributed by atoms with Crippen molar-refractivity contribution in [3.05, 3.63) is 41.6 Å². The van der Waals surface area contributed by atoms with Gasteiger partial charge in [0, 0.05) is 6.04 Å². The van der Waals surface area contributed by atoms with Crippen molar-refractivity contribution in [2.45, 2.75) is 18.9 Å². The predicted molar refractivity (Wildman–Crippen MR) is 78.3 cm³/mol. The number of hydrogen-bond acceptors (Lipinski definition) is 4. The van der Waals surface area contributed by atoms with Crippen LogP contribution in [0.25, 0.3) is 16.7 Å². The number of para-hydroxylation sites is 1. The molecule has 2 aromatic heterocycles. The highest BCUT2D eigenvalue weighted by Crippen LogP contribution is 2.29. The maximum atomic E-state index is 13.9. The van der Waals surface area contributed by atoms with Gasteiger partial charge in [0.05, 0.1) is 11.6 Å². The molecule has 0 bridgehead atoms. The fourth-order valence-corrected chi connectivity index (χ4v) is 2.38. The number of nitrogens with one attached hydrogen (secondary N) is 1. The summed E-state index contributed by atoms with van der Waals surface area (Å²) in [6.07, 6.45) is 3.86. The van der Waals surface area contributed by atoms with Crippen molar-refractivity contribution < 1.29 is 4.39 Å². The third kappa shape index (κ3) is 2.21. The Morgan fingerprint density at radius 1 is 1.24 bits per heavy atom. The number of halogens is 2. The molecule has 1 saturated carbocycles. The topological polar surface area (TPSA) is 55.6 Å². The van der Waals surface area contributed by atoms with Gasteiger partial charge >= 0.3 is 0 Å². The van der Waals surface area contributed by atoms with E-state index in [0.29, 0.717) is 23.2 Å². The Kier molecular flexibility index (Phi) is 2.78. The first-order valence-corrected chi connectivity index (χ1v) is 7.03. The first kappa shape index (κ1) is 12.5. The fraction of sp³-hybridized carbons (Fsp3) is 0.214. The van der Waals surface area contributed by atoms with Crippen LogP contribution >= 0.6 is 11.6 Å². The van der Waals surface area contributed by atoms with Gasteiger partial charge in [-0.15, -0.1) is 0 Å². The second-order valence-electron chi connectivity index (χ2n) is 5.00. The minimum Gasteiger partial charge on any atom is -0.367 e. The van der Waals surface area contributed by atoms with E-state index in [0.717, 1.165) is 18.2 Å². The molecule has 7 heteroatoms. The second-order valence-corrected chi connectivity index (χ2v) is 5.34. The van der Waals surface area contributed by atoms with Crippen LogP contribution < -0.4 is 5.32 Å². The van der Waals surface area contributed by atoms with Crippen LogP contribution in [-0.2, 0) is 0 Å². The van der Waals surface area contributed by atoms with Crippen molar-refractivity contribution in [1.82, 2.24) is 19.7 Å². The van der Waals surface area contributed by atoms with Gasteiger partial charge in [0.2, 0.25) is 5.28 Å². The van der Waals surface area contributed by atoms with E-state index < -0.39 is 0 Å². The molecule has 0 atom stereocenters. The van der Waals surface area contributed by atoms with E-state index in [-0.39, 0.29) is 11.1 Å². The number of aromatic nitrogens is 4. The lowest BCUT2D eigenvalue weighted by Gasteiger charge is -2.07. The van der Waals surface area contributed by atoms with E-state index in [4.69, 9.17) is 11.6 Å². The molecule has 0 radical (unpaired) electrons. The summed E-state index contributed by atoms with van der Waals surface area (Å²) in [5.41, 5.74) is 0.822. The predicted octanol–water partition coefficient (Wildman–Crippen LogP) is 3.18. The lowest BCUT2D eigenvalue weighted by molar-refractivity contribution is 0.612. The Morgan fingerprint density at radius 3 is 2.81 bits per heavy atom. The number of fused-ring (bicyclic) bond motifs is 1. The molecular weight excluding hydrogens is 293 g/mol. The van der Waals surface area contributed by atoms with Crippen LogP contribution in [-0.4, -0.2) is 25.8 Å². The van der Waals surface area contributed by atoms with Gasteiger partial charge in [-0.25, -0.2) is 9.07 Å². The highest BCUT2D eigenvalue weighted by Gasteiger charge is 2.24. The first-order valence-electron chi connectivity index (χ1n) is 6.65. The summed E-state index contributed by atoms with van der Waals surface area (Å²) in [5.74, 6) is 0.282. The highest BCUT2D eigenvalue weighted by molar-refractivity contribution is 6.28. The van der Waals surface area contributed by atoms with Crippen molar-refractivity contribution in [1.29, 1.82) is 0 Å². The van der Waals surface area contributed by atoms with E-state index in [1.165, 1.54) is 10.7 Å². The largest absolute Gasteiger partial charge is 0.367 e. The van der Waals surface area contributed by atoms with Gasteiger partial charge in [0.1, 0.15) is 17.3 Å². The Balaban J connectivity index is 1.91. The molecule has 0 unspecified atom stereocenters. The maximum absolute atomic E-state index is 13.9. The Hall–Kier alpha value is -2.21. The zero-order chi connectivity index (χ0) is 14.4. The van der Waals surface area contributed by atoms with E-state index >= 15 is 0 Å². The number of nitrogens with zero attached hydrogens (tertiary/aromatic N) is 4. The van der Waals surface area contributed by atoms with Crippen molar-refractivity contribution in [3.8, 4) is 5.69 Å². The highest BCUT2D eigenvalue weighted by atomic mass is 35.5. The summed E-state index contributed by atoms with van der Waals surface area (Å²) in [7, 11) is 0. The average molecular weight is 304 g/mol. The van der Waals surface area contributed by atoms with Crippen LogP contribution in [0, 0.1) is 5.82 Å². The van der Waals surface area contributed by atoms with Gasteiger partial charge < -0.3 is 5.32 Å². The van der Waals surface area contributed by atoms with Crippen LogP contribution in [0.15, 0.2) is 30.5 Å². The fourth-order valence-electron chi connectivity index (χ4n) is 2.21. The molecule has 0 amide bonds. The molecule has 0 aliphatic heterocycles. The van der Waals surface area contributed by atoms with Crippen LogP contribution in [0.2, 0.25) is 5.28 Å². The van der Waals surface area contributed by atoms with Crippen molar-refractivity contribution in [3.63, 3.8) is 0 Å². The summed E-state index contributed by atoms with van der Waals surface area (Å²) in [6, 6.07) is 6.83. The molecule has 5 nitrogen and oxygen atoms in total. The summed E-state index contributed by atoms with van der Waals surface area (Å²) in [6.45, 7) is 0. The summed E-state index contributed by atoms with van der Waals surface area (Å²) in [5, 5.41) is 8.37. The molecule has 1 N–H and O–H groups in total. The second kappa shape index (κ2) is 4.66. The maximum Gasteiger partial charge on any atom is 0.226 e. The Morgan fingerprint density at radius 2 is 2.05 bits per heavy atom. The number of benzene rings is 1. The average Bonchev–Trinajstić information content (AvgIpc) is 3.17. The van der Waals surface area contributed by atoms with Gasteiger partial charge in [-0.05, 0) is 36.6 Å².